The molecule has 3 rings (SSSR count). The van der Waals surface area contributed by atoms with E-state index in [4.69, 9.17) is 5.73 Å². The summed E-state index contributed by atoms with van der Waals surface area (Å²) >= 11 is 0. The van der Waals surface area contributed by atoms with Crippen molar-refractivity contribution in [3.8, 4) is 11.4 Å². The van der Waals surface area contributed by atoms with Gasteiger partial charge < -0.3 is 5.73 Å². The first-order valence-corrected chi connectivity index (χ1v) is 6.98. The Morgan fingerprint density at radius 1 is 1.09 bits per heavy atom. The van der Waals surface area contributed by atoms with Crippen molar-refractivity contribution in [2.24, 2.45) is 5.73 Å². The zero-order valence-corrected chi connectivity index (χ0v) is 12.2. The van der Waals surface area contributed by atoms with Crippen molar-refractivity contribution in [3.05, 3.63) is 81.8 Å². The molecule has 0 aliphatic heterocycles. The van der Waals surface area contributed by atoms with E-state index in [0.29, 0.717) is 17.0 Å². The molecule has 0 spiro atoms. The van der Waals surface area contributed by atoms with Gasteiger partial charge in [-0.2, -0.15) is 5.10 Å². The van der Waals surface area contributed by atoms with E-state index in [1.807, 2.05) is 49.4 Å². The Morgan fingerprint density at radius 2 is 1.86 bits per heavy atom. The van der Waals surface area contributed by atoms with Crippen molar-refractivity contribution >= 4 is 0 Å². The first-order valence-electron chi connectivity index (χ1n) is 6.98. The molecule has 0 aliphatic carbocycles. The Morgan fingerprint density at radius 3 is 2.55 bits per heavy atom. The molecule has 0 saturated heterocycles. The molecule has 0 fully saturated rings. The lowest BCUT2D eigenvalue weighted by molar-refractivity contribution is 0.826. The van der Waals surface area contributed by atoms with Gasteiger partial charge in [0.1, 0.15) is 5.69 Å². The zero-order chi connectivity index (χ0) is 15.5. The van der Waals surface area contributed by atoms with Crippen molar-refractivity contribution in [1.82, 2.24) is 15.2 Å². The summed E-state index contributed by atoms with van der Waals surface area (Å²) in [7, 11) is 0. The van der Waals surface area contributed by atoms with E-state index < -0.39 is 6.04 Å². The Bertz CT molecular complexity index is 825. The molecular formula is C17H16N4O. The average Bonchev–Trinajstić information content (AvgIpc) is 2.56. The number of pyridine rings is 1. The quantitative estimate of drug-likeness (QED) is 0.775. The van der Waals surface area contributed by atoms with E-state index in [1.54, 1.807) is 12.3 Å². The highest BCUT2D eigenvalue weighted by atomic mass is 16.1. The van der Waals surface area contributed by atoms with Crippen LogP contribution in [0.4, 0.5) is 0 Å². The Hall–Kier alpha value is -2.79. The second-order valence-corrected chi connectivity index (χ2v) is 5.14. The number of hydrogen-bond acceptors (Lipinski definition) is 4. The molecule has 0 aliphatic rings. The number of nitrogens with zero attached hydrogens (tertiary/aromatic N) is 2. The highest BCUT2D eigenvalue weighted by molar-refractivity contribution is 5.54. The molecule has 2 heterocycles. The number of H-pyrrole nitrogens is 1. The number of nitrogens with two attached hydrogens (primary N) is 1. The summed E-state index contributed by atoms with van der Waals surface area (Å²) in [5.41, 5.74) is 9.75. The van der Waals surface area contributed by atoms with Crippen LogP contribution in [-0.4, -0.2) is 15.2 Å². The Kier molecular flexibility index (Phi) is 3.80. The number of aromatic amines is 1. The molecule has 3 N–H and O–H groups in total. The zero-order valence-electron chi connectivity index (χ0n) is 12.2. The predicted molar refractivity (Wildman–Crippen MR) is 85.3 cm³/mol. The number of nitrogens with one attached hydrogen (secondary N) is 1. The van der Waals surface area contributed by atoms with Crippen LogP contribution in [0.15, 0.2) is 59.5 Å². The standard InChI is InChI=1S/C17H16N4O/c1-11-5-7-12(8-6-11)16(18)13-10-15(20-21-17(13)22)14-4-2-3-9-19-14/h2-10,16H,18H2,1H3,(H,21,22). The summed E-state index contributed by atoms with van der Waals surface area (Å²) in [6.45, 7) is 2.01. The molecule has 1 atom stereocenters. The molecule has 0 amide bonds. The van der Waals surface area contributed by atoms with Gasteiger partial charge in [-0.3, -0.25) is 9.78 Å². The van der Waals surface area contributed by atoms with Crippen molar-refractivity contribution in [2.45, 2.75) is 13.0 Å². The fourth-order valence-electron chi connectivity index (χ4n) is 2.25. The molecule has 2 aromatic heterocycles. The molecular weight excluding hydrogens is 276 g/mol. The Labute approximate surface area is 127 Å². The SMILES string of the molecule is Cc1ccc(C(N)c2cc(-c3ccccn3)n[nH]c2=O)cc1. The van der Waals surface area contributed by atoms with Gasteiger partial charge in [0.2, 0.25) is 0 Å². The maximum Gasteiger partial charge on any atom is 0.269 e. The normalized spacial score (nSPS) is 12.1. The summed E-state index contributed by atoms with van der Waals surface area (Å²) in [5, 5.41) is 6.55. The molecule has 5 nitrogen and oxygen atoms in total. The molecule has 5 heteroatoms. The minimum absolute atomic E-state index is 0.284. The van der Waals surface area contributed by atoms with Crippen molar-refractivity contribution in [3.63, 3.8) is 0 Å². The van der Waals surface area contributed by atoms with Gasteiger partial charge in [-0.25, -0.2) is 5.10 Å². The van der Waals surface area contributed by atoms with Crippen molar-refractivity contribution in [1.29, 1.82) is 0 Å². The molecule has 1 aromatic carbocycles. The third kappa shape index (κ3) is 2.80. The predicted octanol–water partition coefficient (Wildman–Crippen LogP) is 2.19. The monoisotopic (exact) mass is 292 g/mol. The lowest BCUT2D eigenvalue weighted by Crippen LogP contribution is -2.23. The van der Waals surface area contributed by atoms with Crippen LogP contribution in [0.2, 0.25) is 0 Å². The average molecular weight is 292 g/mol. The number of hydrogen-bond donors (Lipinski definition) is 2. The number of benzene rings is 1. The van der Waals surface area contributed by atoms with E-state index in [2.05, 4.69) is 15.2 Å². The van der Waals surface area contributed by atoms with Gasteiger partial charge in [0.05, 0.1) is 11.7 Å². The first-order chi connectivity index (χ1) is 10.6. The van der Waals surface area contributed by atoms with Gasteiger partial charge in [-0.1, -0.05) is 35.9 Å². The number of aryl methyl sites for hydroxylation is 1. The third-order valence-electron chi connectivity index (χ3n) is 3.53. The number of rotatable bonds is 3. The van der Waals surface area contributed by atoms with Crippen LogP contribution in [0.3, 0.4) is 0 Å². The summed E-state index contributed by atoms with van der Waals surface area (Å²) in [6.07, 6.45) is 1.68. The third-order valence-corrected chi connectivity index (χ3v) is 3.53. The first kappa shape index (κ1) is 14.2. The lowest BCUT2D eigenvalue weighted by Gasteiger charge is -2.12. The van der Waals surface area contributed by atoms with E-state index in [9.17, 15) is 4.79 Å². The van der Waals surface area contributed by atoms with Gasteiger partial charge >= 0.3 is 0 Å². The van der Waals surface area contributed by atoms with Crippen molar-refractivity contribution in [2.75, 3.05) is 0 Å². The second kappa shape index (κ2) is 5.91. The molecule has 3 aromatic rings. The van der Waals surface area contributed by atoms with Gasteiger partial charge in [-0.05, 0) is 30.7 Å². The fourth-order valence-corrected chi connectivity index (χ4v) is 2.25. The molecule has 1 unspecified atom stereocenters. The van der Waals surface area contributed by atoms with E-state index in [1.165, 1.54) is 0 Å². The topological polar surface area (TPSA) is 84.7 Å². The fraction of sp³-hybridized carbons (Fsp3) is 0.118. The van der Waals surface area contributed by atoms with Crippen LogP contribution in [0.1, 0.15) is 22.7 Å². The van der Waals surface area contributed by atoms with Crippen LogP contribution >= 0.6 is 0 Å². The summed E-state index contributed by atoms with van der Waals surface area (Å²) in [5.74, 6) is 0. The second-order valence-electron chi connectivity index (χ2n) is 5.14. The smallest absolute Gasteiger partial charge is 0.269 e. The van der Waals surface area contributed by atoms with E-state index in [-0.39, 0.29) is 5.56 Å². The van der Waals surface area contributed by atoms with Gasteiger partial charge in [0.15, 0.2) is 0 Å². The van der Waals surface area contributed by atoms with Gasteiger partial charge in [-0.15, -0.1) is 0 Å². The highest BCUT2D eigenvalue weighted by Crippen LogP contribution is 2.20. The van der Waals surface area contributed by atoms with Crippen molar-refractivity contribution < 1.29 is 0 Å². The minimum atomic E-state index is -0.505. The maximum absolute atomic E-state index is 12.1. The molecule has 0 saturated carbocycles. The summed E-state index contributed by atoms with van der Waals surface area (Å²) in [4.78, 5) is 16.3. The lowest BCUT2D eigenvalue weighted by atomic mass is 9.99. The largest absolute Gasteiger partial charge is 0.320 e. The van der Waals surface area contributed by atoms with Crippen LogP contribution in [0.25, 0.3) is 11.4 Å². The molecule has 0 radical (unpaired) electrons. The summed E-state index contributed by atoms with van der Waals surface area (Å²) in [6, 6.07) is 14.5. The van der Waals surface area contributed by atoms with Crippen LogP contribution < -0.4 is 11.3 Å². The highest BCUT2D eigenvalue weighted by Gasteiger charge is 2.15. The number of aromatic nitrogens is 3. The molecule has 22 heavy (non-hydrogen) atoms. The van der Waals surface area contributed by atoms with E-state index >= 15 is 0 Å². The van der Waals surface area contributed by atoms with Crippen LogP contribution in [0.5, 0.6) is 0 Å². The van der Waals surface area contributed by atoms with E-state index in [0.717, 1.165) is 11.1 Å². The maximum atomic E-state index is 12.1. The van der Waals surface area contributed by atoms with Gasteiger partial charge in [0, 0.05) is 11.8 Å². The minimum Gasteiger partial charge on any atom is -0.320 e. The molecule has 0 bridgehead atoms. The van der Waals surface area contributed by atoms with Crippen LogP contribution in [-0.2, 0) is 0 Å². The van der Waals surface area contributed by atoms with Crippen LogP contribution in [0, 0.1) is 6.92 Å². The Balaban J connectivity index is 2.03. The molecule has 110 valence electrons. The van der Waals surface area contributed by atoms with Gasteiger partial charge in [0.25, 0.3) is 5.56 Å². The summed E-state index contributed by atoms with van der Waals surface area (Å²) < 4.78 is 0.